The maximum atomic E-state index is 12.5. The zero-order valence-electron chi connectivity index (χ0n) is 10.9. The van der Waals surface area contributed by atoms with Gasteiger partial charge in [-0.2, -0.15) is 4.31 Å². The fourth-order valence-corrected chi connectivity index (χ4v) is 4.64. The van der Waals surface area contributed by atoms with Gasteiger partial charge in [-0.15, -0.1) is 0 Å². The van der Waals surface area contributed by atoms with Crippen molar-refractivity contribution in [1.29, 1.82) is 0 Å². The molecule has 0 radical (unpaired) electrons. The van der Waals surface area contributed by atoms with Gasteiger partial charge in [0.05, 0.1) is 12.4 Å². The number of aryl methyl sites for hydroxylation is 1. The third-order valence-electron chi connectivity index (χ3n) is 4.36. The van der Waals surface area contributed by atoms with E-state index in [1.54, 1.807) is 17.1 Å². The van der Waals surface area contributed by atoms with E-state index in [0.717, 1.165) is 12.8 Å². The van der Waals surface area contributed by atoms with E-state index in [4.69, 9.17) is 0 Å². The Morgan fingerprint density at radius 1 is 1.42 bits per heavy atom. The highest BCUT2D eigenvalue weighted by atomic mass is 32.2. The van der Waals surface area contributed by atoms with Gasteiger partial charge >= 0.3 is 0 Å². The zero-order valence-corrected chi connectivity index (χ0v) is 11.8. The van der Waals surface area contributed by atoms with Crippen LogP contribution < -0.4 is 0 Å². The van der Waals surface area contributed by atoms with Crippen molar-refractivity contribution in [3.05, 3.63) is 12.5 Å². The summed E-state index contributed by atoms with van der Waals surface area (Å²) in [4.78, 5) is 3.99. The monoisotopic (exact) mass is 285 g/mol. The highest BCUT2D eigenvalue weighted by molar-refractivity contribution is 7.89. The lowest BCUT2D eigenvalue weighted by molar-refractivity contribution is 0.129. The van der Waals surface area contributed by atoms with Crippen molar-refractivity contribution in [3.63, 3.8) is 0 Å². The summed E-state index contributed by atoms with van der Waals surface area (Å²) in [5.41, 5.74) is 0. The summed E-state index contributed by atoms with van der Waals surface area (Å²) >= 11 is 0. The molecule has 19 heavy (non-hydrogen) atoms. The van der Waals surface area contributed by atoms with Crippen molar-refractivity contribution in [3.8, 4) is 0 Å². The van der Waals surface area contributed by atoms with Gasteiger partial charge in [0.2, 0.25) is 0 Å². The van der Waals surface area contributed by atoms with Crippen molar-refractivity contribution >= 4 is 10.0 Å². The van der Waals surface area contributed by atoms with Crippen LogP contribution in [0.2, 0.25) is 0 Å². The Hall–Kier alpha value is -0.920. The molecule has 106 valence electrons. The Morgan fingerprint density at radius 2 is 2.21 bits per heavy atom. The Bertz CT molecular complexity index is 569. The van der Waals surface area contributed by atoms with Crippen LogP contribution in [0.25, 0.3) is 0 Å². The summed E-state index contributed by atoms with van der Waals surface area (Å²) in [5, 5.41) is 9.97. The standard InChI is InChI=1S/C12H19N3O3S/c1-2-14-7-12(13-8-14)19(17,18)15-5-9-3-4-11(16)10(9)6-15/h7-11,16H,2-6H2,1H3. The number of imidazole rings is 1. The molecule has 3 atom stereocenters. The SMILES string of the molecule is CCn1cnc(S(=O)(=O)N2CC3CCC(O)C3C2)c1. The van der Waals surface area contributed by atoms with Crippen LogP contribution in [0.1, 0.15) is 19.8 Å². The first-order chi connectivity index (χ1) is 9.02. The molecule has 1 saturated heterocycles. The quantitative estimate of drug-likeness (QED) is 0.866. The third-order valence-corrected chi connectivity index (χ3v) is 6.08. The lowest BCUT2D eigenvalue weighted by Crippen LogP contribution is -2.31. The van der Waals surface area contributed by atoms with E-state index < -0.39 is 10.0 Å². The summed E-state index contributed by atoms with van der Waals surface area (Å²) < 4.78 is 28.2. The Labute approximate surface area is 113 Å². The van der Waals surface area contributed by atoms with Gasteiger partial charge in [-0.05, 0) is 25.7 Å². The number of aromatic nitrogens is 2. The number of fused-ring (bicyclic) bond motifs is 1. The molecule has 1 saturated carbocycles. The van der Waals surface area contributed by atoms with Crippen LogP contribution in [0.3, 0.4) is 0 Å². The molecule has 2 heterocycles. The van der Waals surface area contributed by atoms with Crippen molar-refractivity contribution in [1.82, 2.24) is 13.9 Å². The molecule has 0 amide bonds. The second-order valence-electron chi connectivity index (χ2n) is 5.43. The van der Waals surface area contributed by atoms with Gasteiger partial charge in [0, 0.05) is 31.7 Å². The highest BCUT2D eigenvalue weighted by Gasteiger charge is 2.46. The topological polar surface area (TPSA) is 75.4 Å². The number of nitrogens with zero attached hydrogens (tertiary/aromatic N) is 3. The molecule has 7 heteroatoms. The minimum atomic E-state index is -3.50. The third kappa shape index (κ3) is 2.09. The number of aliphatic hydroxyl groups excluding tert-OH is 1. The number of sulfonamides is 1. The van der Waals surface area contributed by atoms with E-state index in [0.29, 0.717) is 25.6 Å². The van der Waals surface area contributed by atoms with Gasteiger partial charge in [0.15, 0.2) is 5.03 Å². The van der Waals surface area contributed by atoms with Gasteiger partial charge < -0.3 is 9.67 Å². The molecule has 1 aliphatic heterocycles. The predicted molar refractivity (Wildman–Crippen MR) is 68.9 cm³/mol. The van der Waals surface area contributed by atoms with Crippen LogP contribution in [-0.4, -0.2) is 46.6 Å². The van der Waals surface area contributed by atoms with Crippen LogP contribution in [0.15, 0.2) is 17.6 Å². The van der Waals surface area contributed by atoms with Gasteiger partial charge in [0.25, 0.3) is 10.0 Å². The van der Waals surface area contributed by atoms with Crippen molar-refractivity contribution in [2.24, 2.45) is 11.8 Å². The van der Waals surface area contributed by atoms with Gasteiger partial charge in [-0.3, -0.25) is 0 Å². The maximum Gasteiger partial charge on any atom is 0.262 e. The normalized spacial score (nSPS) is 31.8. The second kappa shape index (κ2) is 4.57. The summed E-state index contributed by atoms with van der Waals surface area (Å²) in [6.45, 7) is 3.58. The Kier molecular flexibility index (Phi) is 3.15. The molecule has 2 aliphatic rings. The Balaban J connectivity index is 1.82. The molecule has 0 aromatic carbocycles. The molecule has 1 aliphatic carbocycles. The second-order valence-corrected chi connectivity index (χ2v) is 7.32. The molecular formula is C12H19N3O3S. The fourth-order valence-electron chi connectivity index (χ4n) is 3.17. The Morgan fingerprint density at radius 3 is 2.84 bits per heavy atom. The van der Waals surface area contributed by atoms with Gasteiger partial charge in [-0.1, -0.05) is 0 Å². The number of hydrogen-bond donors (Lipinski definition) is 1. The molecular weight excluding hydrogens is 266 g/mol. The van der Waals surface area contributed by atoms with E-state index in [2.05, 4.69) is 4.98 Å². The van der Waals surface area contributed by atoms with Gasteiger partial charge in [-0.25, -0.2) is 13.4 Å². The van der Waals surface area contributed by atoms with E-state index in [-0.39, 0.29) is 17.0 Å². The van der Waals surface area contributed by atoms with Gasteiger partial charge in [0.1, 0.15) is 0 Å². The van der Waals surface area contributed by atoms with Crippen LogP contribution in [0.5, 0.6) is 0 Å². The average Bonchev–Trinajstić information content (AvgIpc) is 3.06. The molecule has 0 spiro atoms. The lowest BCUT2D eigenvalue weighted by Gasteiger charge is -2.16. The molecule has 1 aromatic rings. The fraction of sp³-hybridized carbons (Fsp3) is 0.750. The molecule has 1 N–H and O–H groups in total. The smallest absolute Gasteiger partial charge is 0.262 e. The minimum absolute atomic E-state index is 0.100. The van der Waals surface area contributed by atoms with E-state index in [9.17, 15) is 13.5 Å². The van der Waals surface area contributed by atoms with E-state index >= 15 is 0 Å². The number of rotatable bonds is 3. The molecule has 3 unspecified atom stereocenters. The van der Waals surface area contributed by atoms with Crippen LogP contribution in [0.4, 0.5) is 0 Å². The largest absolute Gasteiger partial charge is 0.393 e. The summed E-state index contributed by atoms with van der Waals surface area (Å²) in [6, 6.07) is 0. The van der Waals surface area contributed by atoms with Crippen LogP contribution in [-0.2, 0) is 16.6 Å². The summed E-state index contributed by atoms with van der Waals surface area (Å²) in [6.07, 6.45) is 4.48. The molecule has 0 bridgehead atoms. The van der Waals surface area contributed by atoms with Crippen molar-refractivity contribution in [2.45, 2.75) is 37.4 Å². The number of aliphatic hydroxyl groups is 1. The lowest BCUT2D eigenvalue weighted by atomic mass is 10.00. The zero-order chi connectivity index (χ0) is 13.6. The molecule has 2 fully saturated rings. The average molecular weight is 285 g/mol. The van der Waals surface area contributed by atoms with Crippen LogP contribution >= 0.6 is 0 Å². The highest BCUT2D eigenvalue weighted by Crippen LogP contribution is 2.39. The first-order valence-corrected chi connectivity index (χ1v) is 8.16. The maximum absolute atomic E-state index is 12.5. The molecule has 1 aromatic heterocycles. The van der Waals surface area contributed by atoms with Crippen molar-refractivity contribution in [2.75, 3.05) is 13.1 Å². The van der Waals surface area contributed by atoms with E-state index in [1.807, 2.05) is 6.92 Å². The summed E-state index contributed by atoms with van der Waals surface area (Å²) in [7, 11) is -3.50. The number of hydrogen-bond acceptors (Lipinski definition) is 4. The molecule has 3 rings (SSSR count). The van der Waals surface area contributed by atoms with E-state index in [1.165, 1.54) is 4.31 Å². The van der Waals surface area contributed by atoms with Crippen LogP contribution in [0, 0.1) is 11.8 Å². The first-order valence-electron chi connectivity index (χ1n) is 6.72. The summed E-state index contributed by atoms with van der Waals surface area (Å²) in [5.74, 6) is 0.404. The van der Waals surface area contributed by atoms with Crippen molar-refractivity contribution < 1.29 is 13.5 Å². The predicted octanol–water partition coefficient (Wildman–Crippen LogP) is 0.294. The molecule has 6 nitrogen and oxygen atoms in total. The first kappa shape index (κ1) is 13.1. The minimum Gasteiger partial charge on any atom is -0.393 e.